The molecule has 0 unspecified atom stereocenters. The molecule has 7 rings (SSSR count). The Labute approximate surface area is 242 Å². The van der Waals surface area contributed by atoms with Crippen molar-refractivity contribution in [2.75, 3.05) is 58.1 Å². The minimum absolute atomic E-state index is 0.0208. The van der Waals surface area contributed by atoms with Crippen LogP contribution in [0.2, 0.25) is 0 Å². The van der Waals surface area contributed by atoms with Crippen molar-refractivity contribution in [3.8, 4) is 23.0 Å². The summed E-state index contributed by atoms with van der Waals surface area (Å²) in [4.78, 5) is 30.5. The van der Waals surface area contributed by atoms with Gasteiger partial charge in [0.2, 0.25) is 5.91 Å². The SMILES string of the molecule is COCOc1cc(-c2ncc3c(N4CCNC(=O)C4)nc(OCC45CCCN4CCC5)nc3c2F)c2ccccc2c1. The van der Waals surface area contributed by atoms with Crippen LogP contribution in [0.1, 0.15) is 25.7 Å². The van der Waals surface area contributed by atoms with E-state index >= 15 is 4.39 Å². The number of amides is 1. The molecular formula is C31H33FN6O4. The summed E-state index contributed by atoms with van der Waals surface area (Å²) >= 11 is 0. The number of nitrogens with zero attached hydrogens (tertiary/aromatic N) is 5. The standard InChI is InChI=1S/C31H33FN6O4/c1-40-19-42-21-14-20-6-2-3-7-22(20)23(15-21)27-26(32)28-24(16-34-27)29(37-13-10-33-25(39)17-37)36-30(35-28)41-18-31-8-4-11-38(31)12-5-9-31/h2-3,6-7,14-16H,4-5,8-13,17-19H2,1H3,(H,33,39). The third-order valence-corrected chi connectivity index (χ3v) is 8.70. The molecule has 3 aliphatic heterocycles. The highest BCUT2D eigenvalue weighted by Gasteiger charge is 2.45. The molecule has 218 valence electrons. The van der Waals surface area contributed by atoms with Crippen LogP contribution in [0.3, 0.4) is 0 Å². The first kappa shape index (κ1) is 26.8. The number of hydrogen-bond donors (Lipinski definition) is 1. The first-order valence-corrected chi connectivity index (χ1v) is 14.5. The number of carbonyl (C=O) groups excluding carboxylic acids is 1. The van der Waals surface area contributed by atoms with Gasteiger partial charge in [0, 0.05) is 32.0 Å². The summed E-state index contributed by atoms with van der Waals surface area (Å²) in [5.74, 6) is 0.275. The summed E-state index contributed by atoms with van der Waals surface area (Å²) in [5, 5.41) is 4.97. The predicted octanol–water partition coefficient (Wildman–Crippen LogP) is 3.91. The maximum Gasteiger partial charge on any atom is 0.319 e. The summed E-state index contributed by atoms with van der Waals surface area (Å²) in [7, 11) is 1.55. The number of fused-ring (bicyclic) bond motifs is 3. The molecular weight excluding hydrogens is 539 g/mol. The number of piperazine rings is 1. The zero-order chi connectivity index (χ0) is 28.7. The van der Waals surface area contributed by atoms with E-state index in [-0.39, 0.29) is 42.0 Å². The van der Waals surface area contributed by atoms with Gasteiger partial charge >= 0.3 is 6.01 Å². The molecule has 1 N–H and O–H groups in total. The second kappa shape index (κ2) is 11.0. The van der Waals surface area contributed by atoms with Gasteiger partial charge in [0.1, 0.15) is 29.4 Å². The van der Waals surface area contributed by atoms with E-state index < -0.39 is 5.82 Å². The van der Waals surface area contributed by atoms with Gasteiger partial charge in [0.15, 0.2) is 12.6 Å². The van der Waals surface area contributed by atoms with Crippen LogP contribution in [-0.4, -0.2) is 84.5 Å². The first-order chi connectivity index (χ1) is 20.5. The van der Waals surface area contributed by atoms with E-state index in [0.29, 0.717) is 42.2 Å². The molecule has 42 heavy (non-hydrogen) atoms. The number of ether oxygens (including phenoxy) is 3. The Balaban J connectivity index is 1.35. The van der Waals surface area contributed by atoms with Gasteiger partial charge < -0.3 is 24.4 Å². The van der Waals surface area contributed by atoms with Crippen molar-refractivity contribution >= 4 is 33.4 Å². The number of carbonyl (C=O) groups is 1. The molecule has 11 heteroatoms. The Morgan fingerprint density at radius 3 is 2.69 bits per heavy atom. The number of anilines is 1. The van der Waals surface area contributed by atoms with E-state index in [4.69, 9.17) is 19.2 Å². The molecule has 10 nitrogen and oxygen atoms in total. The van der Waals surface area contributed by atoms with Gasteiger partial charge in [-0.3, -0.25) is 14.7 Å². The molecule has 4 aromatic rings. The van der Waals surface area contributed by atoms with Crippen LogP contribution in [0.4, 0.5) is 10.2 Å². The minimum atomic E-state index is -0.585. The third-order valence-electron chi connectivity index (χ3n) is 8.70. The highest BCUT2D eigenvalue weighted by atomic mass is 19.1. The molecule has 3 saturated heterocycles. The van der Waals surface area contributed by atoms with Crippen LogP contribution in [0.5, 0.6) is 11.8 Å². The Kier molecular flexibility index (Phi) is 6.99. The van der Waals surface area contributed by atoms with Crippen molar-refractivity contribution in [3.05, 3.63) is 48.4 Å². The lowest BCUT2D eigenvalue weighted by atomic mass is 9.95. The van der Waals surface area contributed by atoms with Gasteiger partial charge in [0.25, 0.3) is 0 Å². The Bertz CT molecular complexity index is 1660. The topological polar surface area (TPSA) is 102 Å². The maximum absolute atomic E-state index is 16.6. The Morgan fingerprint density at radius 1 is 1.05 bits per heavy atom. The second-order valence-electron chi connectivity index (χ2n) is 11.2. The smallest absolute Gasteiger partial charge is 0.319 e. The average molecular weight is 573 g/mol. The van der Waals surface area contributed by atoms with Gasteiger partial charge in [-0.05, 0) is 61.7 Å². The Morgan fingerprint density at radius 2 is 1.88 bits per heavy atom. The minimum Gasteiger partial charge on any atom is -0.468 e. The predicted molar refractivity (Wildman–Crippen MR) is 156 cm³/mol. The molecule has 0 spiro atoms. The summed E-state index contributed by atoms with van der Waals surface area (Å²) in [6.45, 7) is 3.75. The van der Waals surface area contributed by atoms with Crippen molar-refractivity contribution in [1.82, 2.24) is 25.2 Å². The molecule has 0 aliphatic carbocycles. The lowest BCUT2D eigenvalue weighted by Gasteiger charge is -2.32. The van der Waals surface area contributed by atoms with Crippen molar-refractivity contribution in [3.63, 3.8) is 0 Å². The number of aromatic nitrogens is 3. The highest BCUT2D eigenvalue weighted by molar-refractivity contribution is 6.00. The number of pyridine rings is 1. The molecule has 0 atom stereocenters. The number of halogens is 1. The van der Waals surface area contributed by atoms with E-state index in [2.05, 4.69) is 20.2 Å². The number of nitrogens with one attached hydrogen (secondary N) is 1. The Hall–Kier alpha value is -4.09. The summed E-state index contributed by atoms with van der Waals surface area (Å²) < 4.78 is 33.7. The quantitative estimate of drug-likeness (QED) is 0.315. The summed E-state index contributed by atoms with van der Waals surface area (Å²) in [6.07, 6.45) is 6.00. The highest BCUT2D eigenvalue weighted by Crippen LogP contribution is 2.40. The number of rotatable bonds is 8. The lowest BCUT2D eigenvalue weighted by Crippen LogP contribution is -2.48. The molecule has 0 bridgehead atoms. The van der Waals surface area contributed by atoms with Crippen LogP contribution >= 0.6 is 0 Å². The molecule has 3 aliphatic rings. The van der Waals surface area contributed by atoms with Gasteiger partial charge in [-0.25, -0.2) is 4.39 Å². The van der Waals surface area contributed by atoms with Crippen LogP contribution < -0.4 is 19.7 Å². The molecule has 2 aromatic heterocycles. The molecule has 3 fully saturated rings. The van der Waals surface area contributed by atoms with Gasteiger partial charge in [-0.1, -0.05) is 24.3 Å². The van der Waals surface area contributed by atoms with Gasteiger partial charge in [-0.2, -0.15) is 9.97 Å². The fourth-order valence-corrected chi connectivity index (χ4v) is 6.68. The van der Waals surface area contributed by atoms with E-state index in [1.165, 1.54) is 0 Å². The van der Waals surface area contributed by atoms with Crippen LogP contribution in [-0.2, 0) is 9.53 Å². The number of benzene rings is 2. The van der Waals surface area contributed by atoms with E-state index in [1.807, 2.05) is 35.2 Å². The summed E-state index contributed by atoms with van der Waals surface area (Å²) in [6, 6.07) is 11.5. The van der Waals surface area contributed by atoms with Crippen molar-refractivity contribution in [2.45, 2.75) is 31.2 Å². The van der Waals surface area contributed by atoms with Crippen molar-refractivity contribution in [1.29, 1.82) is 0 Å². The molecule has 2 aromatic carbocycles. The first-order valence-electron chi connectivity index (χ1n) is 14.5. The largest absolute Gasteiger partial charge is 0.468 e. The zero-order valence-electron chi connectivity index (χ0n) is 23.6. The number of methoxy groups -OCH3 is 1. The van der Waals surface area contributed by atoms with Crippen molar-refractivity contribution < 1.29 is 23.4 Å². The van der Waals surface area contributed by atoms with E-state index in [1.54, 1.807) is 19.4 Å². The van der Waals surface area contributed by atoms with E-state index in [9.17, 15) is 4.79 Å². The normalized spacial score (nSPS) is 18.4. The molecule has 5 heterocycles. The molecule has 0 radical (unpaired) electrons. The second-order valence-corrected chi connectivity index (χ2v) is 11.2. The number of hydrogen-bond acceptors (Lipinski definition) is 9. The maximum atomic E-state index is 16.6. The van der Waals surface area contributed by atoms with E-state index in [0.717, 1.165) is 49.5 Å². The fourth-order valence-electron chi connectivity index (χ4n) is 6.68. The van der Waals surface area contributed by atoms with Gasteiger partial charge in [-0.15, -0.1) is 0 Å². The van der Waals surface area contributed by atoms with Gasteiger partial charge in [0.05, 0.1) is 17.5 Å². The molecule has 0 saturated carbocycles. The summed E-state index contributed by atoms with van der Waals surface area (Å²) in [5.41, 5.74) is 0.799. The third kappa shape index (κ3) is 4.76. The monoisotopic (exact) mass is 572 g/mol. The van der Waals surface area contributed by atoms with Crippen LogP contribution in [0.25, 0.3) is 32.9 Å². The fraction of sp³-hybridized carbons (Fsp3) is 0.419. The van der Waals surface area contributed by atoms with Crippen LogP contribution in [0, 0.1) is 5.82 Å². The molecule has 1 amide bonds. The van der Waals surface area contributed by atoms with Crippen molar-refractivity contribution in [2.24, 2.45) is 0 Å². The van der Waals surface area contributed by atoms with Crippen LogP contribution in [0.15, 0.2) is 42.6 Å². The zero-order valence-corrected chi connectivity index (χ0v) is 23.6. The lowest BCUT2D eigenvalue weighted by molar-refractivity contribution is -0.120. The average Bonchev–Trinajstić information content (AvgIpc) is 3.59.